The standard InChI is InChI=1S/C27H28F3N5O4/c1-35-22(7-8-32-35)26(37)34-23(14-3-5-16(28)6-4-14)27-33-21-10-15(9-20(30)24(21)39-27)19(13-38-2)18-11-17(29)12-31-25(18)36/h7-12,14,16,19,23H,3-6,13H2,1-2H3,(H,31,36)(H,34,37)/t14?,16?,19-,23+/m1/s1. The minimum absolute atomic E-state index is 0.0158. The zero-order valence-corrected chi connectivity index (χ0v) is 21.4. The number of hydrogen-bond acceptors (Lipinski definition) is 6. The molecule has 1 aromatic carbocycles. The second-order valence-electron chi connectivity index (χ2n) is 9.82. The first-order valence-corrected chi connectivity index (χ1v) is 12.6. The first-order chi connectivity index (χ1) is 18.7. The summed E-state index contributed by atoms with van der Waals surface area (Å²) >= 11 is 0. The molecule has 0 saturated heterocycles. The third-order valence-electron chi connectivity index (χ3n) is 7.27. The van der Waals surface area contributed by atoms with Crippen molar-refractivity contribution in [3.8, 4) is 0 Å². The number of H-pyrrole nitrogens is 1. The van der Waals surface area contributed by atoms with Crippen LogP contribution in [0.5, 0.6) is 0 Å². The van der Waals surface area contributed by atoms with E-state index in [1.165, 1.54) is 24.1 Å². The van der Waals surface area contributed by atoms with Crippen molar-refractivity contribution < 1.29 is 27.1 Å². The summed E-state index contributed by atoms with van der Waals surface area (Å²) in [6, 6.07) is 4.66. The van der Waals surface area contributed by atoms with Gasteiger partial charge < -0.3 is 19.5 Å². The molecule has 0 unspecified atom stereocenters. The number of fused-ring (bicyclic) bond motifs is 1. The number of aryl methyl sites for hydroxylation is 1. The summed E-state index contributed by atoms with van der Waals surface area (Å²) in [5.74, 6) is -2.68. The number of benzene rings is 1. The quantitative estimate of drug-likeness (QED) is 0.342. The zero-order chi connectivity index (χ0) is 27.7. The molecule has 206 valence electrons. The number of aromatic amines is 1. The van der Waals surface area contributed by atoms with Crippen molar-refractivity contribution >= 4 is 17.0 Å². The van der Waals surface area contributed by atoms with Crippen molar-refractivity contribution in [2.75, 3.05) is 13.7 Å². The highest BCUT2D eigenvalue weighted by molar-refractivity contribution is 5.92. The number of nitrogens with one attached hydrogen (secondary N) is 2. The topological polar surface area (TPSA) is 115 Å². The fraction of sp³-hybridized carbons (Fsp3) is 0.407. The van der Waals surface area contributed by atoms with Crippen LogP contribution in [0.1, 0.15) is 65.1 Å². The molecule has 0 spiro atoms. The molecule has 1 aliphatic rings. The number of ether oxygens (including phenoxy) is 1. The Bertz CT molecular complexity index is 1540. The van der Waals surface area contributed by atoms with Gasteiger partial charge in [-0.25, -0.2) is 18.2 Å². The van der Waals surface area contributed by atoms with Crippen LogP contribution >= 0.6 is 0 Å². The Morgan fingerprint density at radius 2 is 2.03 bits per heavy atom. The molecule has 0 radical (unpaired) electrons. The van der Waals surface area contributed by atoms with E-state index in [1.807, 2.05) is 0 Å². The molecular formula is C27H28F3N5O4. The highest BCUT2D eigenvalue weighted by Gasteiger charge is 2.34. The number of halogens is 3. The average molecular weight is 544 g/mol. The zero-order valence-electron chi connectivity index (χ0n) is 21.4. The van der Waals surface area contributed by atoms with Crippen LogP contribution in [0.15, 0.2) is 45.9 Å². The summed E-state index contributed by atoms with van der Waals surface area (Å²) in [6.07, 6.45) is 3.17. The van der Waals surface area contributed by atoms with Crippen molar-refractivity contribution in [3.05, 3.63) is 81.4 Å². The lowest BCUT2D eigenvalue weighted by atomic mass is 9.83. The van der Waals surface area contributed by atoms with Crippen LogP contribution in [0.4, 0.5) is 13.2 Å². The molecular weight excluding hydrogens is 515 g/mol. The van der Waals surface area contributed by atoms with Gasteiger partial charge in [-0.15, -0.1) is 0 Å². The molecule has 2 atom stereocenters. The van der Waals surface area contributed by atoms with Gasteiger partial charge in [0, 0.05) is 38.0 Å². The summed E-state index contributed by atoms with van der Waals surface area (Å²) < 4.78 is 55.8. The molecule has 1 fully saturated rings. The highest BCUT2D eigenvalue weighted by Crippen LogP contribution is 2.37. The molecule has 3 aromatic heterocycles. The van der Waals surface area contributed by atoms with Crippen molar-refractivity contribution in [3.63, 3.8) is 0 Å². The van der Waals surface area contributed by atoms with E-state index in [0.717, 1.165) is 12.3 Å². The number of aromatic nitrogens is 4. The van der Waals surface area contributed by atoms with Gasteiger partial charge in [-0.1, -0.05) is 0 Å². The van der Waals surface area contributed by atoms with Crippen molar-refractivity contribution in [1.82, 2.24) is 25.1 Å². The largest absolute Gasteiger partial charge is 0.435 e. The number of oxazole rings is 1. The number of amides is 1. The average Bonchev–Trinajstić information content (AvgIpc) is 3.54. The fourth-order valence-corrected chi connectivity index (χ4v) is 5.23. The molecule has 12 heteroatoms. The van der Waals surface area contributed by atoms with Crippen LogP contribution in [0.25, 0.3) is 11.1 Å². The molecule has 2 N–H and O–H groups in total. The van der Waals surface area contributed by atoms with E-state index in [-0.39, 0.29) is 35.1 Å². The molecule has 9 nitrogen and oxygen atoms in total. The maximum absolute atomic E-state index is 15.4. The van der Waals surface area contributed by atoms with E-state index in [4.69, 9.17) is 9.15 Å². The van der Waals surface area contributed by atoms with Crippen molar-refractivity contribution in [1.29, 1.82) is 0 Å². The molecule has 1 aliphatic carbocycles. The predicted octanol–water partition coefficient (Wildman–Crippen LogP) is 4.31. The number of carbonyl (C=O) groups excluding carboxylic acids is 1. The monoisotopic (exact) mass is 543 g/mol. The first-order valence-electron chi connectivity index (χ1n) is 12.6. The Kier molecular flexibility index (Phi) is 7.56. The molecule has 39 heavy (non-hydrogen) atoms. The van der Waals surface area contributed by atoms with Gasteiger partial charge in [0.1, 0.15) is 29.2 Å². The van der Waals surface area contributed by atoms with Crippen LogP contribution < -0.4 is 10.9 Å². The maximum atomic E-state index is 15.4. The van der Waals surface area contributed by atoms with Crippen LogP contribution in [-0.4, -0.2) is 45.5 Å². The van der Waals surface area contributed by atoms with Crippen molar-refractivity contribution in [2.45, 2.75) is 43.8 Å². The predicted molar refractivity (Wildman–Crippen MR) is 135 cm³/mol. The van der Waals surface area contributed by atoms with Gasteiger partial charge >= 0.3 is 0 Å². The Labute approximate surface area is 221 Å². The number of alkyl halides is 1. The normalized spacial score (nSPS) is 19.2. The van der Waals surface area contributed by atoms with E-state index >= 15 is 4.39 Å². The number of pyridine rings is 1. The first kappa shape index (κ1) is 26.7. The van der Waals surface area contributed by atoms with Crippen LogP contribution in [-0.2, 0) is 11.8 Å². The second-order valence-corrected chi connectivity index (χ2v) is 9.82. The molecule has 0 bridgehead atoms. The third kappa shape index (κ3) is 5.47. The lowest BCUT2D eigenvalue weighted by molar-refractivity contribution is 0.0877. The van der Waals surface area contributed by atoms with E-state index in [0.29, 0.717) is 36.9 Å². The van der Waals surface area contributed by atoms with Gasteiger partial charge in [0.25, 0.3) is 11.5 Å². The summed E-state index contributed by atoms with van der Waals surface area (Å²) in [5, 5.41) is 6.95. The number of hydrogen-bond donors (Lipinski definition) is 2. The number of methoxy groups -OCH3 is 1. The smallest absolute Gasteiger partial charge is 0.270 e. The highest BCUT2D eigenvalue weighted by atomic mass is 19.1. The molecule has 4 aromatic rings. The maximum Gasteiger partial charge on any atom is 0.270 e. The number of nitrogens with zero attached hydrogens (tertiary/aromatic N) is 3. The minimum Gasteiger partial charge on any atom is -0.435 e. The summed E-state index contributed by atoms with van der Waals surface area (Å²) in [4.78, 5) is 32.4. The number of carbonyl (C=O) groups is 1. The molecule has 3 heterocycles. The van der Waals surface area contributed by atoms with Gasteiger partial charge in [-0.05, 0) is 61.4 Å². The Balaban J connectivity index is 1.54. The van der Waals surface area contributed by atoms with E-state index in [2.05, 4.69) is 20.4 Å². The van der Waals surface area contributed by atoms with E-state index < -0.39 is 41.2 Å². The van der Waals surface area contributed by atoms with Gasteiger partial charge in [-0.3, -0.25) is 14.3 Å². The fourth-order valence-electron chi connectivity index (χ4n) is 5.23. The van der Waals surface area contributed by atoms with Gasteiger partial charge in [0.2, 0.25) is 5.89 Å². The van der Waals surface area contributed by atoms with Gasteiger partial charge in [-0.2, -0.15) is 5.10 Å². The molecule has 1 saturated carbocycles. The van der Waals surface area contributed by atoms with Gasteiger partial charge in [0.05, 0.1) is 6.61 Å². The van der Waals surface area contributed by atoms with Crippen LogP contribution in [0.2, 0.25) is 0 Å². The van der Waals surface area contributed by atoms with Crippen LogP contribution in [0.3, 0.4) is 0 Å². The van der Waals surface area contributed by atoms with Crippen LogP contribution in [0, 0.1) is 17.6 Å². The van der Waals surface area contributed by atoms with E-state index in [1.54, 1.807) is 19.2 Å². The molecule has 0 aliphatic heterocycles. The Morgan fingerprint density at radius 1 is 1.26 bits per heavy atom. The lowest BCUT2D eigenvalue weighted by Crippen LogP contribution is -2.36. The minimum atomic E-state index is -0.915. The summed E-state index contributed by atoms with van der Waals surface area (Å²) in [7, 11) is 3.06. The Hall–Kier alpha value is -3.93. The number of rotatable bonds is 8. The van der Waals surface area contributed by atoms with Gasteiger partial charge in [0.15, 0.2) is 11.4 Å². The molecule has 5 rings (SSSR count). The second kappa shape index (κ2) is 11.0. The lowest BCUT2D eigenvalue weighted by Gasteiger charge is -2.30. The third-order valence-corrected chi connectivity index (χ3v) is 7.27. The Morgan fingerprint density at radius 3 is 2.72 bits per heavy atom. The van der Waals surface area contributed by atoms with Crippen molar-refractivity contribution in [2.24, 2.45) is 13.0 Å². The summed E-state index contributed by atoms with van der Waals surface area (Å²) in [6.45, 7) is -0.0158. The SMILES string of the molecule is COC[C@H](c1cc(F)c2oc([C@@H](NC(=O)c3ccnn3C)C3CCC(F)CC3)nc2c1)c1cc(F)c[nH]c1=O. The summed E-state index contributed by atoms with van der Waals surface area (Å²) in [5.41, 5.74) is 0.229. The van der Waals surface area contributed by atoms with E-state index in [9.17, 15) is 18.4 Å². The molecule has 1 amide bonds.